The summed E-state index contributed by atoms with van der Waals surface area (Å²) in [6, 6.07) is 3.47. The fourth-order valence-electron chi connectivity index (χ4n) is 2.33. The Bertz CT molecular complexity index is 429. The number of anilines is 1. The molecule has 1 aromatic rings. The zero-order valence-corrected chi connectivity index (χ0v) is 11.5. The maximum Gasteiger partial charge on any atom is 0.146 e. The summed E-state index contributed by atoms with van der Waals surface area (Å²) in [4.78, 5) is 2.35. The van der Waals surface area contributed by atoms with Gasteiger partial charge in [-0.1, -0.05) is 0 Å². The van der Waals surface area contributed by atoms with Crippen molar-refractivity contribution in [1.29, 1.82) is 0 Å². The molecule has 5 heteroatoms. The SMILES string of the molecule is CC(C)(CNc1cc(F)ccc1F)N1CCNCC1. The number of piperazine rings is 1. The van der Waals surface area contributed by atoms with E-state index >= 15 is 0 Å². The summed E-state index contributed by atoms with van der Waals surface area (Å²) in [7, 11) is 0. The molecule has 2 N–H and O–H groups in total. The molecule has 0 radical (unpaired) electrons. The first-order valence-electron chi connectivity index (χ1n) is 6.64. The molecule has 1 aliphatic rings. The van der Waals surface area contributed by atoms with Crippen LogP contribution in [0.1, 0.15) is 13.8 Å². The fraction of sp³-hybridized carbons (Fsp3) is 0.571. The summed E-state index contributed by atoms with van der Waals surface area (Å²) in [5.41, 5.74) is 0.129. The molecule has 1 aliphatic heterocycles. The Morgan fingerprint density at radius 1 is 1.26 bits per heavy atom. The van der Waals surface area contributed by atoms with Gasteiger partial charge in [0.2, 0.25) is 0 Å². The van der Waals surface area contributed by atoms with Crippen molar-refractivity contribution < 1.29 is 8.78 Å². The minimum absolute atomic E-state index is 0.0964. The van der Waals surface area contributed by atoms with Crippen LogP contribution in [-0.4, -0.2) is 43.2 Å². The van der Waals surface area contributed by atoms with E-state index in [2.05, 4.69) is 29.4 Å². The summed E-state index contributed by atoms with van der Waals surface area (Å²) in [5, 5.41) is 6.32. The highest BCUT2D eigenvalue weighted by Gasteiger charge is 2.27. The molecule has 0 unspecified atom stereocenters. The van der Waals surface area contributed by atoms with Gasteiger partial charge in [0, 0.05) is 38.3 Å². The molecule has 0 atom stereocenters. The lowest BCUT2D eigenvalue weighted by Crippen LogP contribution is -2.56. The molecule has 0 bridgehead atoms. The van der Waals surface area contributed by atoms with Gasteiger partial charge in [0.25, 0.3) is 0 Å². The average molecular weight is 269 g/mol. The van der Waals surface area contributed by atoms with Crippen molar-refractivity contribution in [3.63, 3.8) is 0 Å². The molecule has 1 aromatic carbocycles. The maximum atomic E-state index is 13.5. The van der Waals surface area contributed by atoms with Crippen LogP contribution in [0.4, 0.5) is 14.5 Å². The van der Waals surface area contributed by atoms with Crippen LogP contribution in [0.3, 0.4) is 0 Å². The minimum atomic E-state index is -0.427. The van der Waals surface area contributed by atoms with E-state index < -0.39 is 11.6 Å². The number of hydrogen-bond acceptors (Lipinski definition) is 3. The van der Waals surface area contributed by atoms with Gasteiger partial charge >= 0.3 is 0 Å². The van der Waals surface area contributed by atoms with Gasteiger partial charge in [-0.2, -0.15) is 0 Å². The van der Waals surface area contributed by atoms with E-state index in [0.29, 0.717) is 6.54 Å². The lowest BCUT2D eigenvalue weighted by molar-refractivity contribution is 0.114. The zero-order valence-electron chi connectivity index (χ0n) is 11.5. The molecule has 0 amide bonds. The number of hydrogen-bond donors (Lipinski definition) is 2. The van der Waals surface area contributed by atoms with E-state index in [1.807, 2.05) is 0 Å². The Morgan fingerprint density at radius 3 is 2.63 bits per heavy atom. The molecule has 0 spiro atoms. The molecule has 0 aromatic heterocycles. The number of nitrogens with one attached hydrogen (secondary N) is 2. The number of nitrogens with zero attached hydrogens (tertiary/aromatic N) is 1. The molecule has 0 aliphatic carbocycles. The first-order valence-corrected chi connectivity index (χ1v) is 6.64. The smallest absolute Gasteiger partial charge is 0.146 e. The Hall–Kier alpha value is -1.20. The second-order valence-corrected chi connectivity index (χ2v) is 5.53. The van der Waals surface area contributed by atoms with Gasteiger partial charge in [0.1, 0.15) is 11.6 Å². The van der Waals surface area contributed by atoms with Gasteiger partial charge in [-0.25, -0.2) is 8.78 Å². The van der Waals surface area contributed by atoms with Crippen molar-refractivity contribution in [3.8, 4) is 0 Å². The molecule has 106 valence electrons. The van der Waals surface area contributed by atoms with Gasteiger partial charge in [-0.3, -0.25) is 4.90 Å². The van der Waals surface area contributed by atoms with E-state index in [1.54, 1.807) is 0 Å². The largest absolute Gasteiger partial charge is 0.381 e. The summed E-state index contributed by atoms with van der Waals surface area (Å²) in [5.74, 6) is -0.846. The van der Waals surface area contributed by atoms with Crippen molar-refractivity contribution in [1.82, 2.24) is 10.2 Å². The lowest BCUT2D eigenvalue weighted by atomic mass is 10.0. The molecule has 1 saturated heterocycles. The molecular weight excluding hydrogens is 248 g/mol. The second kappa shape index (κ2) is 5.84. The Morgan fingerprint density at radius 2 is 1.95 bits per heavy atom. The van der Waals surface area contributed by atoms with Crippen molar-refractivity contribution in [2.24, 2.45) is 0 Å². The standard InChI is InChI=1S/C14H21F2N3/c1-14(2,19-7-5-17-6-8-19)10-18-13-9-11(15)3-4-12(13)16/h3-4,9,17-18H,5-8,10H2,1-2H3. The van der Waals surface area contributed by atoms with E-state index in [9.17, 15) is 8.78 Å². The van der Waals surface area contributed by atoms with Gasteiger partial charge in [-0.05, 0) is 32.0 Å². The normalized spacial score (nSPS) is 17.5. The van der Waals surface area contributed by atoms with Crippen LogP contribution in [0.2, 0.25) is 0 Å². The maximum absolute atomic E-state index is 13.5. The zero-order chi connectivity index (χ0) is 13.9. The monoisotopic (exact) mass is 269 g/mol. The third-order valence-corrected chi connectivity index (χ3v) is 3.61. The van der Waals surface area contributed by atoms with Crippen LogP contribution in [0.25, 0.3) is 0 Å². The predicted molar refractivity (Wildman–Crippen MR) is 73.4 cm³/mol. The topological polar surface area (TPSA) is 27.3 Å². The highest BCUT2D eigenvalue weighted by molar-refractivity contribution is 5.45. The van der Waals surface area contributed by atoms with E-state index in [1.165, 1.54) is 6.07 Å². The Kier molecular flexibility index (Phi) is 4.37. The van der Waals surface area contributed by atoms with Crippen LogP contribution >= 0.6 is 0 Å². The fourth-order valence-corrected chi connectivity index (χ4v) is 2.33. The van der Waals surface area contributed by atoms with E-state index in [0.717, 1.165) is 38.3 Å². The quantitative estimate of drug-likeness (QED) is 0.876. The Labute approximate surface area is 113 Å². The second-order valence-electron chi connectivity index (χ2n) is 5.53. The Balaban J connectivity index is 1.98. The predicted octanol–water partition coefficient (Wildman–Crippen LogP) is 2.06. The van der Waals surface area contributed by atoms with Crippen LogP contribution in [-0.2, 0) is 0 Å². The van der Waals surface area contributed by atoms with Crippen LogP contribution in [0, 0.1) is 11.6 Å². The molecule has 2 rings (SSSR count). The summed E-state index contributed by atoms with van der Waals surface area (Å²) in [6.07, 6.45) is 0. The first kappa shape index (κ1) is 14.2. The van der Waals surface area contributed by atoms with Crippen LogP contribution in [0.15, 0.2) is 18.2 Å². The van der Waals surface area contributed by atoms with Crippen molar-refractivity contribution in [2.45, 2.75) is 19.4 Å². The molecule has 19 heavy (non-hydrogen) atoms. The number of rotatable bonds is 4. The summed E-state index contributed by atoms with van der Waals surface area (Å²) < 4.78 is 26.6. The lowest BCUT2D eigenvalue weighted by Gasteiger charge is -2.41. The third kappa shape index (κ3) is 3.64. The van der Waals surface area contributed by atoms with Crippen LogP contribution in [0.5, 0.6) is 0 Å². The highest BCUT2D eigenvalue weighted by Crippen LogP contribution is 2.19. The van der Waals surface area contributed by atoms with Gasteiger partial charge in [0.05, 0.1) is 5.69 Å². The minimum Gasteiger partial charge on any atom is -0.381 e. The highest BCUT2D eigenvalue weighted by atomic mass is 19.1. The van der Waals surface area contributed by atoms with Crippen molar-refractivity contribution >= 4 is 5.69 Å². The van der Waals surface area contributed by atoms with Gasteiger partial charge in [-0.15, -0.1) is 0 Å². The third-order valence-electron chi connectivity index (χ3n) is 3.61. The molecule has 1 heterocycles. The van der Waals surface area contributed by atoms with Gasteiger partial charge in [0.15, 0.2) is 0 Å². The summed E-state index contributed by atoms with van der Waals surface area (Å²) >= 11 is 0. The van der Waals surface area contributed by atoms with Crippen LogP contribution < -0.4 is 10.6 Å². The average Bonchev–Trinajstić information content (AvgIpc) is 2.41. The first-order chi connectivity index (χ1) is 8.99. The molecule has 3 nitrogen and oxygen atoms in total. The van der Waals surface area contributed by atoms with Gasteiger partial charge < -0.3 is 10.6 Å². The molecular formula is C14H21F2N3. The molecule has 0 saturated carbocycles. The summed E-state index contributed by atoms with van der Waals surface area (Å²) in [6.45, 7) is 8.69. The number of benzene rings is 1. The van der Waals surface area contributed by atoms with Crippen molar-refractivity contribution in [3.05, 3.63) is 29.8 Å². The number of halogens is 2. The van der Waals surface area contributed by atoms with Crippen molar-refractivity contribution in [2.75, 3.05) is 38.0 Å². The molecule has 1 fully saturated rings. The van der Waals surface area contributed by atoms with E-state index in [-0.39, 0.29) is 11.2 Å². The van der Waals surface area contributed by atoms with E-state index in [4.69, 9.17) is 0 Å².